The van der Waals surface area contributed by atoms with Gasteiger partial charge in [0.25, 0.3) is 0 Å². The van der Waals surface area contributed by atoms with Crippen LogP contribution in [0.3, 0.4) is 0 Å². The number of halogens is 1. The molecule has 0 atom stereocenters. The Morgan fingerprint density at radius 1 is 1.42 bits per heavy atom. The molecule has 0 aliphatic heterocycles. The van der Waals surface area contributed by atoms with Gasteiger partial charge in [0, 0.05) is 25.7 Å². The normalized spacial score (nSPS) is 16.1. The minimum atomic E-state index is 0.203. The molecule has 4 nitrogen and oxygen atoms in total. The number of hydrogen-bond acceptors (Lipinski definition) is 3. The summed E-state index contributed by atoms with van der Waals surface area (Å²) in [6.45, 7) is 6.73. The zero-order valence-corrected chi connectivity index (χ0v) is 12.7. The summed E-state index contributed by atoms with van der Waals surface area (Å²) in [4.78, 5) is 2.35. The third-order valence-corrected chi connectivity index (χ3v) is 4.46. The fourth-order valence-corrected chi connectivity index (χ4v) is 2.96. The first-order valence-corrected chi connectivity index (χ1v) is 7.68. The van der Waals surface area contributed by atoms with Gasteiger partial charge >= 0.3 is 0 Å². The predicted molar refractivity (Wildman–Crippen MR) is 77.4 cm³/mol. The lowest BCUT2D eigenvalue weighted by Crippen LogP contribution is -2.41. The van der Waals surface area contributed by atoms with Crippen LogP contribution in [0.2, 0.25) is 5.02 Å². The van der Waals surface area contributed by atoms with Crippen molar-refractivity contribution in [1.82, 2.24) is 14.7 Å². The highest BCUT2D eigenvalue weighted by Gasteiger charge is 2.26. The maximum absolute atomic E-state index is 9.23. The van der Waals surface area contributed by atoms with Crippen molar-refractivity contribution in [3.05, 3.63) is 16.4 Å². The number of nitrogens with zero attached hydrogens (tertiary/aromatic N) is 3. The third-order valence-electron chi connectivity index (χ3n) is 4.03. The minimum absolute atomic E-state index is 0.203. The van der Waals surface area contributed by atoms with E-state index in [2.05, 4.69) is 23.8 Å². The van der Waals surface area contributed by atoms with Crippen molar-refractivity contribution in [3.8, 4) is 0 Å². The van der Waals surface area contributed by atoms with Crippen LogP contribution in [0.5, 0.6) is 0 Å². The van der Waals surface area contributed by atoms with Crippen LogP contribution in [0.25, 0.3) is 0 Å². The monoisotopic (exact) mass is 285 g/mol. The Morgan fingerprint density at radius 2 is 2.16 bits per heavy atom. The Bertz CT molecular complexity index is 415. The molecule has 1 saturated carbocycles. The van der Waals surface area contributed by atoms with Gasteiger partial charge in [0.05, 0.1) is 23.0 Å². The summed E-state index contributed by atoms with van der Waals surface area (Å²) in [5.41, 5.74) is 2.08. The molecule has 1 aromatic heterocycles. The van der Waals surface area contributed by atoms with Crippen LogP contribution in [0.1, 0.15) is 44.5 Å². The van der Waals surface area contributed by atoms with E-state index in [0.29, 0.717) is 6.04 Å². The lowest BCUT2D eigenvalue weighted by molar-refractivity contribution is 0.0919. The first kappa shape index (κ1) is 14.8. The second kappa shape index (κ2) is 6.73. The Hall–Kier alpha value is -0.580. The van der Waals surface area contributed by atoms with E-state index >= 15 is 0 Å². The van der Waals surface area contributed by atoms with Gasteiger partial charge in [0.15, 0.2) is 0 Å². The fourth-order valence-electron chi connectivity index (χ4n) is 2.63. The molecule has 1 N–H and O–H groups in total. The summed E-state index contributed by atoms with van der Waals surface area (Å²) in [6, 6.07) is 0.605. The highest BCUT2D eigenvalue weighted by Crippen LogP contribution is 2.29. The van der Waals surface area contributed by atoms with Crippen LogP contribution in [-0.2, 0) is 19.5 Å². The third kappa shape index (κ3) is 3.12. The smallest absolute Gasteiger partial charge is 0.0863 e. The first-order chi connectivity index (χ1) is 9.21. The summed E-state index contributed by atoms with van der Waals surface area (Å²) in [7, 11) is 0. The second-order valence-electron chi connectivity index (χ2n) is 5.16. The lowest BCUT2D eigenvalue weighted by atomic mass is 9.91. The number of aryl methyl sites for hydroxylation is 2. The molecule has 0 radical (unpaired) electrons. The molecule has 1 aliphatic rings. The molecule has 19 heavy (non-hydrogen) atoms. The zero-order chi connectivity index (χ0) is 13.8. The van der Waals surface area contributed by atoms with Crippen molar-refractivity contribution in [2.45, 2.75) is 58.7 Å². The van der Waals surface area contributed by atoms with Crippen molar-refractivity contribution in [3.63, 3.8) is 0 Å². The van der Waals surface area contributed by atoms with Gasteiger partial charge in [-0.1, -0.05) is 24.9 Å². The Balaban J connectivity index is 2.17. The van der Waals surface area contributed by atoms with E-state index < -0.39 is 0 Å². The topological polar surface area (TPSA) is 41.3 Å². The van der Waals surface area contributed by atoms with Gasteiger partial charge < -0.3 is 5.11 Å². The molecule has 1 fully saturated rings. The SMILES string of the molecule is CCc1nn(CC)c(CN(CCO)C2CCC2)c1Cl. The van der Waals surface area contributed by atoms with Gasteiger partial charge in [0.1, 0.15) is 0 Å². The van der Waals surface area contributed by atoms with Crippen LogP contribution in [0, 0.1) is 0 Å². The van der Waals surface area contributed by atoms with Crippen LogP contribution >= 0.6 is 11.6 Å². The van der Waals surface area contributed by atoms with E-state index in [0.717, 1.165) is 42.5 Å². The maximum atomic E-state index is 9.23. The summed E-state index contributed by atoms with van der Waals surface area (Å²) in [5.74, 6) is 0. The molecular weight excluding hydrogens is 262 g/mol. The van der Waals surface area contributed by atoms with E-state index in [9.17, 15) is 5.11 Å². The highest BCUT2D eigenvalue weighted by molar-refractivity contribution is 6.31. The summed E-state index contributed by atoms with van der Waals surface area (Å²) < 4.78 is 2.00. The van der Waals surface area contributed by atoms with Crippen LogP contribution in [0.4, 0.5) is 0 Å². The van der Waals surface area contributed by atoms with E-state index in [1.165, 1.54) is 19.3 Å². The quantitative estimate of drug-likeness (QED) is 0.837. The molecule has 0 unspecified atom stereocenters. The van der Waals surface area contributed by atoms with Gasteiger partial charge in [-0.3, -0.25) is 9.58 Å². The lowest BCUT2D eigenvalue weighted by Gasteiger charge is -2.37. The van der Waals surface area contributed by atoms with Crippen LogP contribution < -0.4 is 0 Å². The van der Waals surface area contributed by atoms with E-state index in [1.54, 1.807) is 0 Å². The van der Waals surface area contributed by atoms with Gasteiger partial charge in [-0.25, -0.2) is 0 Å². The number of aromatic nitrogens is 2. The molecule has 0 bridgehead atoms. The number of aliphatic hydroxyl groups excluding tert-OH is 1. The molecule has 1 aliphatic carbocycles. The highest BCUT2D eigenvalue weighted by atomic mass is 35.5. The van der Waals surface area contributed by atoms with Crippen LogP contribution in [-0.4, -0.2) is 39.0 Å². The molecule has 1 heterocycles. The van der Waals surface area contributed by atoms with E-state index in [1.807, 2.05) is 4.68 Å². The molecule has 0 amide bonds. The molecule has 108 valence electrons. The summed E-state index contributed by atoms with van der Waals surface area (Å²) in [6.07, 6.45) is 4.63. The molecule has 0 aromatic carbocycles. The standard InChI is InChI=1S/C14H24ClN3O/c1-3-12-14(15)13(18(4-2)16-12)10-17(8-9-19)11-6-5-7-11/h11,19H,3-10H2,1-2H3. The first-order valence-electron chi connectivity index (χ1n) is 7.30. The molecule has 5 heteroatoms. The maximum Gasteiger partial charge on any atom is 0.0863 e. The summed E-state index contributed by atoms with van der Waals surface area (Å²) in [5, 5.41) is 14.6. The molecule has 0 saturated heterocycles. The molecule has 0 spiro atoms. The van der Waals surface area contributed by atoms with Crippen molar-refractivity contribution in [1.29, 1.82) is 0 Å². The largest absolute Gasteiger partial charge is 0.395 e. The minimum Gasteiger partial charge on any atom is -0.395 e. The number of hydrogen-bond donors (Lipinski definition) is 1. The van der Waals surface area contributed by atoms with Crippen molar-refractivity contribution in [2.75, 3.05) is 13.2 Å². The van der Waals surface area contributed by atoms with Gasteiger partial charge in [0.2, 0.25) is 0 Å². The summed E-state index contributed by atoms with van der Waals surface area (Å²) >= 11 is 6.45. The van der Waals surface area contributed by atoms with Crippen molar-refractivity contribution < 1.29 is 5.11 Å². The molecule has 1 aromatic rings. The Morgan fingerprint density at radius 3 is 2.63 bits per heavy atom. The van der Waals surface area contributed by atoms with E-state index in [4.69, 9.17) is 11.6 Å². The molecule has 2 rings (SSSR count). The van der Waals surface area contributed by atoms with Crippen molar-refractivity contribution >= 4 is 11.6 Å². The van der Waals surface area contributed by atoms with Gasteiger partial charge in [-0.15, -0.1) is 0 Å². The average Bonchev–Trinajstić information content (AvgIpc) is 2.64. The second-order valence-corrected chi connectivity index (χ2v) is 5.53. The predicted octanol–water partition coefficient (Wildman–Crippen LogP) is 2.47. The number of aliphatic hydroxyl groups is 1. The number of rotatable bonds is 7. The molecular formula is C14H24ClN3O. The van der Waals surface area contributed by atoms with Crippen molar-refractivity contribution in [2.24, 2.45) is 0 Å². The van der Waals surface area contributed by atoms with Gasteiger partial charge in [-0.2, -0.15) is 5.10 Å². The Labute approximate surface area is 120 Å². The van der Waals surface area contributed by atoms with Gasteiger partial charge in [-0.05, 0) is 26.2 Å². The fraction of sp³-hybridized carbons (Fsp3) is 0.786. The average molecular weight is 286 g/mol. The van der Waals surface area contributed by atoms with E-state index in [-0.39, 0.29) is 6.61 Å². The van der Waals surface area contributed by atoms with Crippen LogP contribution in [0.15, 0.2) is 0 Å². The zero-order valence-electron chi connectivity index (χ0n) is 11.9. The Kier molecular flexibility index (Phi) is 5.25.